The van der Waals surface area contributed by atoms with E-state index in [-0.39, 0.29) is 0 Å². The number of piperidine rings is 1. The minimum Gasteiger partial charge on any atom is -0.329 e. The van der Waals surface area contributed by atoms with Gasteiger partial charge < -0.3 is 10.6 Å². The predicted octanol–water partition coefficient (Wildman–Crippen LogP) is 0.360. The molecule has 0 bridgehead atoms. The molecule has 1 saturated heterocycles. The average Bonchev–Trinajstić information content (AvgIpc) is 2.17. The molecule has 1 atom stereocenters. The molecule has 0 spiro atoms. The van der Waals surface area contributed by atoms with Gasteiger partial charge in [0, 0.05) is 18.6 Å². The Morgan fingerprint density at radius 3 is 2.46 bits per heavy atom. The molecular formula is C10H23N3. The maximum Gasteiger partial charge on any atom is 0.0190 e. The second-order valence-electron chi connectivity index (χ2n) is 4.28. The molecule has 0 saturated carbocycles. The topological polar surface area (TPSA) is 32.5 Å². The summed E-state index contributed by atoms with van der Waals surface area (Å²) in [5.41, 5.74) is 5.65. The lowest BCUT2D eigenvalue weighted by Gasteiger charge is -2.37. The van der Waals surface area contributed by atoms with E-state index in [0.717, 1.165) is 12.6 Å². The summed E-state index contributed by atoms with van der Waals surface area (Å²) in [6.45, 7) is 5.43. The quantitative estimate of drug-likeness (QED) is 0.689. The van der Waals surface area contributed by atoms with Crippen molar-refractivity contribution in [3.63, 3.8) is 0 Å². The van der Waals surface area contributed by atoms with Crippen LogP contribution in [0, 0.1) is 0 Å². The molecular weight excluding hydrogens is 162 g/mol. The van der Waals surface area contributed by atoms with Gasteiger partial charge in [-0.15, -0.1) is 0 Å². The third kappa shape index (κ3) is 2.93. The van der Waals surface area contributed by atoms with Gasteiger partial charge in [-0.3, -0.25) is 4.90 Å². The molecule has 1 fully saturated rings. The highest BCUT2D eigenvalue weighted by atomic mass is 15.2. The monoisotopic (exact) mass is 185 g/mol. The van der Waals surface area contributed by atoms with E-state index < -0.39 is 0 Å². The predicted molar refractivity (Wildman–Crippen MR) is 56.8 cm³/mol. The highest BCUT2D eigenvalue weighted by Crippen LogP contribution is 2.15. The summed E-state index contributed by atoms with van der Waals surface area (Å²) < 4.78 is 0. The number of rotatable bonds is 3. The first-order valence-corrected chi connectivity index (χ1v) is 5.25. The Morgan fingerprint density at radius 2 is 2.00 bits per heavy atom. The zero-order chi connectivity index (χ0) is 9.84. The zero-order valence-corrected chi connectivity index (χ0v) is 9.16. The van der Waals surface area contributed by atoms with Crippen LogP contribution in [0.4, 0.5) is 0 Å². The van der Waals surface area contributed by atoms with Crippen LogP contribution >= 0.6 is 0 Å². The molecule has 0 amide bonds. The van der Waals surface area contributed by atoms with Crippen LogP contribution in [0.15, 0.2) is 0 Å². The van der Waals surface area contributed by atoms with Gasteiger partial charge in [-0.1, -0.05) is 0 Å². The lowest BCUT2D eigenvalue weighted by Crippen LogP contribution is -2.47. The SMILES string of the molecule is CC(CN)N(C)C1CCN(C)CC1. The Bertz CT molecular complexity index is 141. The van der Waals surface area contributed by atoms with Crippen molar-refractivity contribution in [1.82, 2.24) is 9.80 Å². The van der Waals surface area contributed by atoms with Crippen LogP contribution < -0.4 is 5.73 Å². The lowest BCUT2D eigenvalue weighted by atomic mass is 10.0. The third-order valence-corrected chi connectivity index (χ3v) is 3.30. The van der Waals surface area contributed by atoms with Gasteiger partial charge in [0.15, 0.2) is 0 Å². The van der Waals surface area contributed by atoms with Crippen LogP contribution in [0.5, 0.6) is 0 Å². The second kappa shape index (κ2) is 4.94. The molecule has 1 unspecified atom stereocenters. The largest absolute Gasteiger partial charge is 0.329 e. The van der Waals surface area contributed by atoms with Crippen molar-refractivity contribution in [2.45, 2.75) is 31.8 Å². The van der Waals surface area contributed by atoms with Gasteiger partial charge in [0.05, 0.1) is 0 Å². The number of nitrogens with zero attached hydrogens (tertiary/aromatic N) is 2. The van der Waals surface area contributed by atoms with Gasteiger partial charge in [-0.2, -0.15) is 0 Å². The molecule has 78 valence electrons. The summed E-state index contributed by atoms with van der Waals surface area (Å²) in [6.07, 6.45) is 2.58. The van der Waals surface area contributed by atoms with Crippen LogP contribution in [0.1, 0.15) is 19.8 Å². The number of likely N-dealkylation sites (N-methyl/N-ethyl adjacent to an activating group) is 1. The van der Waals surface area contributed by atoms with Crippen molar-refractivity contribution >= 4 is 0 Å². The van der Waals surface area contributed by atoms with E-state index in [4.69, 9.17) is 5.73 Å². The first kappa shape index (κ1) is 11.0. The van der Waals surface area contributed by atoms with Crippen molar-refractivity contribution in [2.24, 2.45) is 5.73 Å². The molecule has 1 rings (SSSR count). The smallest absolute Gasteiger partial charge is 0.0190 e. The lowest BCUT2D eigenvalue weighted by molar-refractivity contribution is 0.116. The molecule has 13 heavy (non-hydrogen) atoms. The molecule has 0 aromatic rings. The molecule has 0 aliphatic carbocycles. The third-order valence-electron chi connectivity index (χ3n) is 3.30. The Hall–Kier alpha value is -0.120. The zero-order valence-electron chi connectivity index (χ0n) is 9.16. The Balaban J connectivity index is 2.35. The van der Waals surface area contributed by atoms with Crippen LogP contribution in [-0.4, -0.2) is 55.6 Å². The molecule has 1 heterocycles. The van der Waals surface area contributed by atoms with Gasteiger partial charge in [-0.05, 0) is 47.0 Å². The van der Waals surface area contributed by atoms with Crippen molar-refractivity contribution in [3.05, 3.63) is 0 Å². The fraction of sp³-hybridized carbons (Fsp3) is 1.00. The normalized spacial score (nSPS) is 23.8. The standard InChI is InChI=1S/C10H23N3/c1-9(8-11)13(3)10-4-6-12(2)7-5-10/h9-10H,4-8,11H2,1-3H3. The number of likely N-dealkylation sites (tertiary alicyclic amines) is 1. The highest BCUT2D eigenvalue weighted by Gasteiger charge is 2.22. The molecule has 1 aliphatic heterocycles. The number of hydrogen-bond donors (Lipinski definition) is 1. The van der Waals surface area contributed by atoms with Crippen LogP contribution in [0.25, 0.3) is 0 Å². The van der Waals surface area contributed by atoms with Crippen molar-refractivity contribution < 1.29 is 0 Å². The van der Waals surface area contributed by atoms with E-state index in [2.05, 4.69) is 30.8 Å². The Morgan fingerprint density at radius 1 is 1.46 bits per heavy atom. The minimum absolute atomic E-state index is 0.522. The summed E-state index contributed by atoms with van der Waals surface area (Å²) in [5, 5.41) is 0. The molecule has 3 nitrogen and oxygen atoms in total. The summed E-state index contributed by atoms with van der Waals surface area (Å²) in [5.74, 6) is 0. The van der Waals surface area contributed by atoms with Crippen molar-refractivity contribution in [2.75, 3.05) is 33.7 Å². The highest BCUT2D eigenvalue weighted by molar-refractivity contribution is 4.79. The van der Waals surface area contributed by atoms with E-state index in [0.29, 0.717) is 6.04 Å². The molecule has 0 aromatic carbocycles. The minimum atomic E-state index is 0.522. The second-order valence-corrected chi connectivity index (χ2v) is 4.28. The molecule has 0 radical (unpaired) electrons. The maximum absolute atomic E-state index is 5.65. The van der Waals surface area contributed by atoms with E-state index in [1.54, 1.807) is 0 Å². The van der Waals surface area contributed by atoms with E-state index in [1.165, 1.54) is 25.9 Å². The summed E-state index contributed by atoms with van der Waals surface area (Å²) in [7, 11) is 4.40. The Labute approximate surface area is 81.9 Å². The number of hydrogen-bond acceptors (Lipinski definition) is 3. The van der Waals surface area contributed by atoms with Gasteiger partial charge in [0.25, 0.3) is 0 Å². The van der Waals surface area contributed by atoms with Crippen LogP contribution in [0.3, 0.4) is 0 Å². The summed E-state index contributed by atoms with van der Waals surface area (Å²) in [4.78, 5) is 4.84. The maximum atomic E-state index is 5.65. The fourth-order valence-electron chi connectivity index (χ4n) is 1.93. The fourth-order valence-corrected chi connectivity index (χ4v) is 1.93. The van der Waals surface area contributed by atoms with Gasteiger partial charge in [-0.25, -0.2) is 0 Å². The van der Waals surface area contributed by atoms with Gasteiger partial charge in [0.2, 0.25) is 0 Å². The first-order valence-electron chi connectivity index (χ1n) is 5.25. The average molecular weight is 185 g/mol. The van der Waals surface area contributed by atoms with Crippen LogP contribution in [0.2, 0.25) is 0 Å². The molecule has 1 aliphatic rings. The molecule has 2 N–H and O–H groups in total. The van der Waals surface area contributed by atoms with Crippen molar-refractivity contribution in [3.8, 4) is 0 Å². The van der Waals surface area contributed by atoms with Gasteiger partial charge >= 0.3 is 0 Å². The number of nitrogens with two attached hydrogens (primary N) is 1. The van der Waals surface area contributed by atoms with E-state index in [9.17, 15) is 0 Å². The summed E-state index contributed by atoms with van der Waals surface area (Å²) in [6, 6.07) is 1.27. The van der Waals surface area contributed by atoms with Crippen LogP contribution in [-0.2, 0) is 0 Å². The summed E-state index contributed by atoms with van der Waals surface area (Å²) >= 11 is 0. The first-order chi connectivity index (χ1) is 6.15. The Kier molecular flexibility index (Phi) is 4.16. The van der Waals surface area contributed by atoms with E-state index in [1.807, 2.05) is 0 Å². The molecule has 0 aromatic heterocycles. The van der Waals surface area contributed by atoms with Crippen molar-refractivity contribution in [1.29, 1.82) is 0 Å². The molecule has 3 heteroatoms. The van der Waals surface area contributed by atoms with E-state index >= 15 is 0 Å². The van der Waals surface area contributed by atoms with Gasteiger partial charge in [0.1, 0.15) is 0 Å².